The van der Waals surface area contributed by atoms with Crippen LogP contribution in [0.15, 0.2) is 0 Å². The van der Waals surface area contributed by atoms with Gasteiger partial charge in [-0.25, -0.2) is 8.42 Å². The number of thiol groups is 1. The van der Waals surface area contributed by atoms with Crippen LogP contribution in [0, 0.1) is 0 Å². The van der Waals surface area contributed by atoms with Crippen LogP contribution in [-0.2, 0) is 10.2 Å². The van der Waals surface area contributed by atoms with Gasteiger partial charge in [0, 0.05) is 0 Å². The topological polar surface area (TPSA) is 34.1 Å². The molecule has 0 rings (SSSR count). The monoisotopic (exact) mass is 124 g/mol. The van der Waals surface area contributed by atoms with Crippen molar-refractivity contribution in [2.45, 2.75) is 13.0 Å². The Bertz CT molecular complexity index is 79.5. The van der Waals surface area contributed by atoms with E-state index in [-0.39, 0.29) is 0 Å². The highest BCUT2D eigenvalue weighted by atomic mass is 32.4. The van der Waals surface area contributed by atoms with Gasteiger partial charge < -0.3 is 0 Å². The first-order chi connectivity index (χ1) is 2.77. The van der Waals surface area contributed by atoms with Crippen molar-refractivity contribution in [3.63, 3.8) is 0 Å². The fraction of sp³-hybridized carbons (Fsp3) is 1.00. The second-order valence-electron chi connectivity index (χ2n) is 1.06. The Balaban J connectivity index is 3.07. The Morgan fingerprint density at radius 1 is 1.67 bits per heavy atom. The number of hydrogen-bond acceptors (Lipinski definition) is 2. The summed E-state index contributed by atoms with van der Waals surface area (Å²) >= 11 is 0. The molecule has 0 atom stereocenters. The van der Waals surface area contributed by atoms with Crippen molar-refractivity contribution in [1.82, 2.24) is 0 Å². The maximum Gasteiger partial charge on any atom is 0.160 e. The molecule has 0 N–H and O–H groups in total. The van der Waals surface area contributed by atoms with E-state index in [1.165, 1.54) is 0 Å². The predicted octanol–water partition coefficient (Wildman–Crippen LogP) is -0.880. The zero-order chi connectivity index (χ0) is 4.99. The third-order valence-electron chi connectivity index (χ3n) is 0.406. The van der Waals surface area contributed by atoms with Crippen molar-refractivity contribution in [1.29, 1.82) is 0 Å². The van der Waals surface area contributed by atoms with Crippen LogP contribution < -0.4 is 0 Å². The Morgan fingerprint density at radius 2 is 2.17 bits per heavy atom. The number of rotatable bonds is 2. The minimum atomic E-state index is -1.96. The molecule has 0 aliphatic carbocycles. The largest absolute Gasteiger partial charge is 0.240 e. The quantitative estimate of drug-likeness (QED) is 0.383. The average molecular weight is 124 g/mol. The third-order valence-corrected chi connectivity index (χ3v) is 3.66. The molecule has 0 aromatic heterocycles. The molecular formula is C2H8O2SSi. The summed E-state index contributed by atoms with van der Waals surface area (Å²) in [6, 6.07) is 0.874. The lowest BCUT2D eigenvalue weighted by molar-refractivity contribution is 0.625. The van der Waals surface area contributed by atoms with E-state index in [1.807, 2.05) is 6.92 Å². The van der Waals surface area contributed by atoms with Crippen molar-refractivity contribution < 1.29 is 8.42 Å². The van der Waals surface area contributed by atoms with Crippen LogP contribution in [0.2, 0.25) is 6.04 Å². The average Bonchev–Trinajstić information content (AvgIpc) is 1.35. The van der Waals surface area contributed by atoms with Crippen molar-refractivity contribution in [3.8, 4) is 0 Å². The normalized spacial score (nSPS) is 11.7. The zero-order valence-corrected chi connectivity index (χ0v) is 5.99. The van der Waals surface area contributed by atoms with Crippen LogP contribution in [0.25, 0.3) is 0 Å². The van der Waals surface area contributed by atoms with Gasteiger partial charge in [0.1, 0.15) is 10.2 Å². The first-order valence-electron chi connectivity index (χ1n) is 1.89. The Hall–Kier alpha value is 0.167. The van der Waals surface area contributed by atoms with E-state index >= 15 is 0 Å². The third kappa shape index (κ3) is 4.17. The molecule has 4 heteroatoms. The smallest absolute Gasteiger partial charge is 0.160 e. The molecule has 0 unspecified atom stereocenters. The molecular weight excluding hydrogens is 116 g/mol. The lowest BCUT2D eigenvalue weighted by Gasteiger charge is -1.70. The van der Waals surface area contributed by atoms with Gasteiger partial charge >= 0.3 is 0 Å². The van der Waals surface area contributed by atoms with E-state index in [1.54, 1.807) is 0 Å². The van der Waals surface area contributed by atoms with Gasteiger partial charge in [0.15, 0.2) is 8.67 Å². The Morgan fingerprint density at radius 3 is 2.17 bits per heavy atom. The van der Waals surface area contributed by atoms with Crippen LogP contribution in [0.1, 0.15) is 6.92 Å². The molecule has 0 saturated heterocycles. The molecule has 0 amide bonds. The molecule has 0 bridgehead atoms. The van der Waals surface area contributed by atoms with Crippen molar-refractivity contribution in [2.24, 2.45) is 0 Å². The van der Waals surface area contributed by atoms with Gasteiger partial charge in [0.05, 0.1) is 0 Å². The highest BCUT2D eigenvalue weighted by Gasteiger charge is 1.78. The summed E-state index contributed by atoms with van der Waals surface area (Å²) < 4.78 is 19.4. The summed E-state index contributed by atoms with van der Waals surface area (Å²) in [5.41, 5.74) is 0. The van der Waals surface area contributed by atoms with Gasteiger partial charge in [-0.05, 0) is 0 Å². The van der Waals surface area contributed by atoms with Crippen molar-refractivity contribution in [3.05, 3.63) is 0 Å². The maximum atomic E-state index is 9.70. The highest BCUT2D eigenvalue weighted by Crippen LogP contribution is 1.68. The van der Waals surface area contributed by atoms with E-state index in [2.05, 4.69) is 0 Å². The lowest BCUT2D eigenvalue weighted by atomic mass is 11.0. The van der Waals surface area contributed by atoms with Gasteiger partial charge in [-0.1, -0.05) is 13.0 Å². The van der Waals surface area contributed by atoms with Crippen LogP contribution in [0.4, 0.5) is 0 Å². The molecule has 0 spiro atoms. The molecule has 0 fully saturated rings. The molecule has 0 aliphatic heterocycles. The molecule has 0 radical (unpaired) electrons. The summed E-state index contributed by atoms with van der Waals surface area (Å²) in [7, 11) is -2.65. The van der Waals surface area contributed by atoms with E-state index in [0.717, 1.165) is 6.04 Å². The van der Waals surface area contributed by atoms with Gasteiger partial charge in [0.2, 0.25) is 0 Å². The molecule has 0 saturated carbocycles. The zero-order valence-electron chi connectivity index (χ0n) is 3.68. The molecule has 2 nitrogen and oxygen atoms in total. The van der Waals surface area contributed by atoms with Crippen LogP contribution in [0.5, 0.6) is 0 Å². The standard InChI is InChI=1S/C2H8O2SSi/c1-2-6-5(3)4/h5H,2,6H2,1H3. The molecule has 6 heavy (non-hydrogen) atoms. The fourth-order valence-corrected chi connectivity index (χ4v) is 1.64. The van der Waals surface area contributed by atoms with Crippen LogP contribution in [-0.4, -0.2) is 17.1 Å². The van der Waals surface area contributed by atoms with E-state index < -0.39 is 18.8 Å². The first-order valence-corrected chi connectivity index (χ1v) is 6.15. The Kier molecular flexibility index (Phi) is 3.45. The molecule has 0 heterocycles. The molecule has 0 aromatic carbocycles. The number of hydrogen-bond donors (Lipinski definition) is 1. The predicted molar refractivity (Wildman–Crippen MR) is 29.3 cm³/mol. The summed E-state index contributed by atoms with van der Waals surface area (Å²) in [4.78, 5) is 0. The first kappa shape index (κ1) is 6.17. The van der Waals surface area contributed by atoms with Crippen LogP contribution in [0.3, 0.4) is 0 Å². The maximum absolute atomic E-state index is 9.70. The fourth-order valence-electron chi connectivity index (χ4n) is 0.183. The minimum absolute atomic E-state index is 0.690. The van der Waals surface area contributed by atoms with Gasteiger partial charge in [-0.3, -0.25) is 0 Å². The van der Waals surface area contributed by atoms with E-state index in [4.69, 9.17) is 0 Å². The van der Waals surface area contributed by atoms with Gasteiger partial charge in [-0.15, -0.1) is 0 Å². The molecule has 38 valence electrons. The summed E-state index contributed by atoms with van der Waals surface area (Å²) in [6.45, 7) is 1.90. The van der Waals surface area contributed by atoms with Crippen molar-refractivity contribution >= 4 is 18.8 Å². The van der Waals surface area contributed by atoms with Gasteiger partial charge in [0.25, 0.3) is 0 Å². The summed E-state index contributed by atoms with van der Waals surface area (Å²) in [6.07, 6.45) is 0. The second kappa shape index (κ2) is 3.36. The second-order valence-corrected chi connectivity index (χ2v) is 6.06. The summed E-state index contributed by atoms with van der Waals surface area (Å²) in [5.74, 6) is 0. The summed E-state index contributed by atoms with van der Waals surface area (Å²) in [5, 5.41) is 0. The Labute approximate surface area is 41.0 Å². The van der Waals surface area contributed by atoms with Crippen molar-refractivity contribution in [2.75, 3.05) is 0 Å². The van der Waals surface area contributed by atoms with E-state index in [9.17, 15) is 8.42 Å². The molecule has 0 aromatic rings. The van der Waals surface area contributed by atoms with Gasteiger partial charge in [-0.2, -0.15) is 0 Å². The van der Waals surface area contributed by atoms with Crippen LogP contribution >= 0.6 is 0 Å². The van der Waals surface area contributed by atoms with E-state index in [0.29, 0.717) is 0 Å². The lowest BCUT2D eigenvalue weighted by Crippen LogP contribution is -1.85. The minimum Gasteiger partial charge on any atom is -0.240 e. The molecule has 0 aliphatic rings. The SMILES string of the molecule is CC[SiH2][SH](=O)=O. The highest BCUT2D eigenvalue weighted by molar-refractivity contribution is 7.99.